The number of carbonyl (C=O) groups is 2. The lowest BCUT2D eigenvalue weighted by atomic mass is 10.2. The van der Waals surface area contributed by atoms with E-state index in [1.165, 1.54) is 6.07 Å². The second kappa shape index (κ2) is 7.54. The highest BCUT2D eigenvalue weighted by molar-refractivity contribution is 5.85. The largest absolute Gasteiger partial charge is 0.362 e. The first-order valence-electron chi connectivity index (χ1n) is 7.26. The molecule has 2 amide bonds. The molecule has 0 aliphatic carbocycles. The summed E-state index contributed by atoms with van der Waals surface area (Å²) >= 11 is 0. The van der Waals surface area contributed by atoms with Crippen molar-refractivity contribution in [3.8, 4) is 0 Å². The van der Waals surface area contributed by atoms with Gasteiger partial charge in [-0.2, -0.15) is 0 Å². The molecule has 2 rings (SSSR count). The lowest BCUT2D eigenvalue weighted by Gasteiger charge is -2.35. The second-order valence-electron chi connectivity index (χ2n) is 5.09. The van der Waals surface area contributed by atoms with Crippen LogP contribution < -0.4 is 16.0 Å². The van der Waals surface area contributed by atoms with Gasteiger partial charge in [-0.1, -0.05) is 12.1 Å². The highest BCUT2D eigenvalue weighted by Crippen LogP contribution is 2.28. The summed E-state index contributed by atoms with van der Waals surface area (Å²) in [6.45, 7) is 1.66. The van der Waals surface area contributed by atoms with Crippen molar-refractivity contribution in [3.63, 3.8) is 0 Å². The molecule has 0 bridgehead atoms. The Labute approximate surface area is 133 Å². The van der Waals surface area contributed by atoms with Crippen molar-refractivity contribution in [1.29, 1.82) is 0 Å². The summed E-state index contributed by atoms with van der Waals surface area (Å²) in [6, 6.07) is 6.55. The van der Waals surface area contributed by atoms with Crippen LogP contribution >= 0.6 is 0 Å². The molecule has 23 heavy (non-hydrogen) atoms. The molecule has 1 aromatic carbocycles. The minimum atomic E-state index is -0.408. The van der Waals surface area contributed by atoms with E-state index < -0.39 is 4.92 Å². The number of nitrogens with one attached hydrogen (secondary N) is 1. The van der Waals surface area contributed by atoms with Crippen molar-refractivity contribution >= 4 is 23.2 Å². The summed E-state index contributed by atoms with van der Waals surface area (Å²) in [4.78, 5) is 37.2. The van der Waals surface area contributed by atoms with Crippen LogP contribution in [-0.2, 0) is 9.59 Å². The number of nitro benzene ring substituents is 1. The zero-order valence-electron chi connectivity index (χ0n) is 12.6. The van der Waals surface area contributed by atoms with E-state index in [4.69, 9.17) is 5.73 Å². The number of amides is 2. The predicted octanol–water partition coefficient (Wildman–Crippen LogP) is -0.682. The number of anilines is 1. The van der Waals surface area contributed by atoms with Gasteiger partial charge in [0.15, 0.2) is 0 Å². The maximum absolute atomic E-state index is 12.0. The number of hydrogen-bond donors (Lipinski definition) is 2. The van der Waals surface area contributed by atoms with Crippen LogP contribution in [0.25, 0.3) is 0 Å². The van der Waals surface area contributed by atoms with Gasteiger partial charge in [-0.15, -0.1) is 0 Å². The number of hydrogen-bond acceptors (Lipinski definition) is 6. The molecule has 1 aliphatic heterocycles. The molecule has 0 radical (unpaired) electrons. The molecule has 0 unspecified atom stereocenters. The molecule has 9 nitrogen and oxygen atoms in total. The molecule has 1 aliphatic rings. The van der Waals surface area contributed by atoms with Crippen molar-refractivity contribution in [2.75, 3.05) is 44.2 Å². The fourth-order valence-electron chi connectivity index (χ4n) is 2.44. The van der Waals surface area contributed by atoms with Crippen LogP contribution in [0.15, 0.2) is 24.3 Å². The number of nitrogens with two attached hydrogens (primary N) is 1. The van der Waals surface area contributed by atoms with Gasteiger partial charge in [0.2, 0.25) is 11.8 Å². The van der Waals surface area contributed by atoms with E-state index in [0.29, 0.717) is 31.9 Å². The minimum Gasteiger partial charge on any atom is -0.362 e. The number of nitro groups is 1. The normalized spacial score (nSPS) is 14.5. The first-order valence-corrected chi connectivity index (χ1v) is 7.26. The first kappa shape index (κ1) is 16.7. The Bertz CT molecular complexity index is 599. The van der Waals surface area contributed by atoms with Gasteiger partial charge in [-0.05, 0) is 6.07 Å². The SMILES string of the molecule is NCC(=O)NCC(=O)N1CCN(c2ccccc2[N+](=O)[O-])CC1. The summed E-state index contributed by atoms with van der Waals surface area (Å²) in [6.07, 6.45) is 0. The minimum absolute atomic E-state index is 0.0579. The van der Waals surface area contributed by atoms with Crippen LogP contribution in [0.4, 0.5) is 11.4 Å². The molecule has 3 N–H and O–H groups in total. The van der Waals surface area contributed by atoms with E-state index in [0.717, 1.165) is 0 Å². The second-order valence-corrected chi connectivity index (χ2v) is 5.09. The lowest BCUT2D eigenvalue weighted by Crippen LogP contribution is -2.51. The molecular formula is C14H19N5O4. The van der Waals surface area contributed by atoms with Gasteiger partial charge in [0, 0.05) is 32.2 Å². The Balaban J connectivity index is 1.93. The molecule has 1 aromatic rings. The number of benzene rings is 1. The molecule has 0 atom stereocenters. The molecular weight excluding hydrogens is 302 g/mol. The topological polar surface area (TPSA) is 122 Å². The molecule has 0 saturated carbocycles. The summed E-state index contributed by atoms with van der Waals surface area (Å²) in [5, 5.41) is 13.5. The van der Waals surface area contributed by atoms with Crippen molar-refractivity contribution in [1.82, 2.24) is 10.2 Å². The number of rotatable bonds is 5. The monoisotopic (exact) mass is 321 g/mol. The Hall–Kier alpha value is -2.68. The van der Waals surface area contributed by atoms with Crippen LogP contribution in [0.5, 0.6) is 0 Å². The molecule has 124 valence electrons. The van der Waals surface area contributed by atoms with Gasteiger partial charge in [0.05, 0.1) is 18.0 Å². The van der Waals surface area contributed by atoms with Gasteiger partial charge in [-0.25, -0.2) is 0 Å². The van der Waals surface area contributed by atoms with E-state index >= 15 is 0 Å². The molecule has 9 heteroatoms. The fraction of sp³-hybridized carbons (Fsp3) is 0.429. The van der Waals surface area contributed by atoms with E-state index in [1.807, 2.05) is 4.90 Å². The van der Waals surface area contributed by atoms with Crippen LogP contribution in [0.2, 0.25) is 0 Å². The molecule has 1 fully saturated rings. The molecule has 1 saturated heterocycles. The predicted molar refractivity (Wildman–Crippen MR) is 84.0 cm³/mol. The number of carbonyl (C=O) groups excluding carboxylic acids is 2. The highest BCUT2D eigenvalue weighted by Gasteiger charge is 2.25. The Kier molecular flexibility index (Phi) is 5.47. The summed E-state index contributed by atoms with van der Waals surface area (Å²) in [7, 11) is 0. The smallest absolute Gasteiger partial charge is 0.292 e. The van der Waals surface area contributed by atoms with Crippen molar-refractivity contribution in [3.05, 3.63) is 34.4 Å². The van der Waals surface area contributed by atoms with Gasteiger partial charge in [0.25, 0.3) is 5.69 Å². The molecule has 1 heterocycles. The summed E-state index contributed by atoms with van der Waals surface area (Å²) in [5.41, 5.74) is 5.77. The maximum Gasteiger partial charge on any atom is 0.292 e. The fourth-order valence-corrected chi connectivity index (χ4v) is 2.44. The van der Waals surface area contributed by atoms with Gasteiger partial charge in [0.1, 0.15) is 5.69 Å². The maximum atomic E-state index is 12.0. The highest BCUT2D eigenvalue weighted by atomic mass is 16.6. The Morgan fingerprint density at radius 2 is 1.87 bits per heavy atom. The average molecular weight is 321 g/mol. The standard InChI is InChI=1S/C14H19N5O4/c15-9-13(20)16-10-14(21)18-7-5-17(6-8-18)11-3-1-2-4-12(11)19(22)23/h1-4H,5-10,15H2,(H,16,20). The first-order chi connectivity index (χ1) is 11.0. The molecule has 0 spiro atoms. The van der Waals surface area contributed by atoms with Gasteiger partial charge < -0.3 is 20.9 Å². The van der Waals surface area contributed by atoms with E-state index in [-0.39, 0.29) is 30.6 Å². The van der Waals surface area contributed by atoms with E-state index in [2.05, 4.69) is 5.32 Å². The van der Waals surface area contributed by atoms with Crippen molar-refractivity contribution < 1.29 is 14.5 Å². The molecule has 0 aromatic heterocycles. The van der Waals surface area contributed by atoms with Gasteiger partial charge in [-0.3, -0.25) is 19.7 Å². The third-order valence-corrected chi connectivity index (χ3v) is 3.67. The lowest BCUT2D eigenvalue weighted by molar-refractivity contribution is -0.384. The van der Waals surface area contributed by atoms with Crippen LogP contribution in [0.3, 0.4) is 0 Å². The van der Waals surface area contributed by atoms with Crippen LogP contribution in [0, 0.1) is 10.1 Å². The Morgan fingerprint density at radius 1 is 1.22 bits per heavy atom. The summed E-state index contributed by atoms with van der Waals surface area (Å²) < 4.78 is 0. The Morgan fingerprint density at radius 3 is 2.48 bits per heavy atom. The third-order valence-electron chi connectivity index (χ3n) is 3.67. The average Bonchev–Trinajstić information content (AvgIpc) is 2.59. The van der Waals surface area contributed by atoms with E-state index in [9.17, 15) is 19.7 Å². The quantitative estimate of drug-likeness (QED) is 0.547. The zero-order valence-corrected chi connectivity index (χ0v) is 12.6. The third kappa shape index (κ3) is 4.16. The van der Waals surface area contributed by atoms with E-state index in [1.54, 1.807) is 23.1 Å². The number of para-hydroxylation sites is 2. The summed E-state index contributed by atoms with van der Waals surface area (Å²) in [5.74, 6) is -0.564. The van der Waals surface area contributed by atoms with Crippen LogP contribution in [0.1, 0.15) is 0 Å². The number of nitrogens with zero attached hydrogens (tertiary/aromatic N) is 3. The zero-order chi connectivity index (χ0) is 16.8. The van der Waals surface area contributed by atoms with Gasteiger partial charge >= 0.3 is 0 Å². The van der Waals surface area contributed by atoms with Crippen LogP contribution in [-0.4, -0.2) is 60.9 Å². The number of piperazine rings is 1. The van der Waals surface area contributed by atoms with Crippen molar-refractivity contribution in [2.45, 2.75) is 0 Å². The van der Waals surface area contributed by atoms with Crippen molar-refractivity contribution in [2.24, 2.45) is 5.73 Å².